The molecule has 1 heterocycles. The van der Waals surface area contributed by atoms with Gasteiger partial charge in [0.15, 0.2) is 0 Å². The Labute approximate surface area is 121 Å². The van der Waals surface area contributed by atoms with Crippen LogP contribution in [0, 0.1) is 12.7 Å². The largest absolute Gasteiger partial charge is 0.388 e. The van der Waals surface area contributed by atoms with E-state index in [4.69, 9.17) is 0 Å². The highest BCUT2D eigenvalue weighted by Crippen LogP contribution is 2.20. The first-order valence-electron chi connectivity index (χ1n) is 7.49. The second-order valence-corrected chi connectivity index (χ2v) is 5.59. The predicted molar refractivity (Wildman–Crippen MR) is 79.3 cm³/mol. The first kappa shape index (κ1) is 15.4. The molecule has 4 heteroatoms. The summed E-state index contributed by atoms with van der Waals surface area (Å²) in [6.07, 6.45) is 0.204. The van der Waals surface area contributed by atoms with Crippen LogP contribution in [-0.2, 0) is 0 Å². The molecule has 2 rings (SSSR count). The Morgan fingerprint density at radius 2 is 1.85 bits per heavy atom. The number of rotatable bonds is 5. The standard InChI is InChI=1S/C16H25FN2O/c1-3-18-8-10-19(11-9-18)7-6-16(20)14-4-5-15(17)13(2)12-14/h4-5,12,16,20H,3,6-11H2,1-2H3. The minimum absolute atomic E-state index is 0.211. The van der Waals surface area contributed by atoms with Crippen LogP contribution in [0.2, 0.25) is 0 Å². The summed E-state index contributed by atoms with van der Waals surface area (Å²) in [5, 5.41) is 10.2. The maximum Gasteiger partial charge on any atom is 0.126 e. The third kappa shape index (κ3) is 4.01. The van der Waals surface area contributed by atoms with Gasteiger partial charge >= 0.3 is 0 Å². The summed E-state index contributed by atoms with van der Waals surface area (Å²) in [6, 6.07) is 4.87. The van der Waals surface area contributed by atoms with Gasteiger partial charge in [-0.1, -0.05) is 19.1 Å². The molecule has 1 aromatic carbocycles. The van der Waals surface area contributed by atoms with E-state index >= 15 is 0 Å². The van der Waals surface area contributed by atoms with E-state index in [2.05, 4.69) is 16.7 Å². The first-order chi connectivity index (χ1) is 9.60. The molecule has 0 amide bonds. The summed E-state index contributed by atoms with van der Waals surface area (Å²) in [7, 11) is 0. The third-order valence-corrected chi connectivity index (χ3v) is 4.20. The molecule has 1 aliphatic heterocycles. The number of hydrogen-bond acceptors (Lipinski definition) is 3. The molecule has 1 aromatic rings. The Morgan fingerprint density at radius 3 is 2.45 bits per heavy atom. The van der Waals surface area contributed by atoms with Crippen molar-refractivity contribution in [3.63, 3.8) is 0 Å². The van der Waals surface area contributed by atoms with Gasteiger partial charge in [0.1, 0.15) is 5.82 Å². The fourth-order valence-electron chi connectivity index (χ4n) is 2.68. The van der Waals surface area contributed by atoms with Gasteiger partial charge in [0.05, 0.1) is 6.10 Å². The number of nitrogens with zero attached hydrogens (tertiary/aromatic N) is 2. The van der Waals surface area contributed by atoms with Gasteiger partial charge in [-0.05, 0) is 37.1 Å². The van der Waals surface area contributed by atoms with E-state index in [0.717, 1.165) is 44.8 Å². The van der Waals surface area contributed by atoms with E-state index in [1.807, 2.05) is 0 Å². The molecule has 0 aromatic heterocycles. The summed E-state index contributed by atoms with van der Waals surface area (Å²) in [5.74, 6) is -0.211. The van der Waals surface area contributed by atoms with Gasteiger partial charge in [0, 0.05) is 32.7 Å². The Bertz CT molecular complexity index is 430. The Morgan fingerprint density at radius 1 is 1.20 bits per heavy atom. The Kier molecular flexibility index (Phi) is 5.52. The van der Waals surface area contributed by atoms with E-state index in [1.165, 1.54) is 6.07 Å². The highest BCUT2D eigenvalue weighted by molar-refractivity contribution is 5.25. The zero-order valence-electron chi connectivity index (χ0n) is 12.5. The lowest BCUT2D eigenvalue weighted by Crippen LogP contribution is -2.46. The van der Waals surface area contributed by atoms with Crippen molar-refractivity contribution in [1.82, 2.24) is 9.80 Å². The summed E-state index contributed by atoms with van der Waals surface area (Å²) in [4.78, 5) is 4.84. The molecule has 1 fully saturated rings. The van der Waals surface area contributed by atoms with Crippen molar-refractivity contribution in [3.8, 4) is 0 Å². The number of benzene rings is 1. The fraction of sp³-hybridized carbons (Fsp3) is 0.625. The second-order valence-electron chi connectivity index (χ2n) is 5.59. The van der Waals surface area contributed by atoms with Gasteiger partial charge < -0.3 is 14.9 Å². The van der Waals surface area contributed by atoms with Gasteiger partial charge in [-0.2, -0.15) is 0 Å². The van der Waals surface area contributed by atoms with Gasteiger partial charge in [-0.3, -0.25) is 0 Å². The van der Waals surface area contributed by atoms with Crippen LogP contribution in [-0.4, -0.2) is 54.2 Å². The molecule has 1 unspecified atom stereocenters. The molecule has 20 heavy (non-hydrogen) atoms. The number of halogens is 1. The highest BCUT2D eigenvalue weighted by Gasteiger charge is 2.17. The lowest BCUT2D eigenvalue weighted by molar-refractivity contribution is 0.105. The summed E-state index contributed by atoms with van der Waals surface area (Å²) in [5.41, 5.74) is 1.41. The number of likely N-dealkylation sites (N-methyl/N-ethyl adjacent to an activating group) is 1. The topological polar surface area (TPSA) is 26.7 Å². The molecule has 0 aliphatic carbocycles. The van der Waals surface area contributed by atoms with Crippen molar-refractivity contribution < 1.29 is 9.50 Å². The van der Waals surface area contributed by atoms with Crippen molar-refractivity contribution >= 4 is 0 Å². The Hall–Kier alpha value is -0.970. The Balaban J connectivity index is 1.80. The van der Waals surface area contributed by atoms with Crippen LogP contribution >= 0.6 is 0 Å². The number of aryl methyl sites for hydroxylation is 1. The lowest BCUT2D eigenvalue weighted by Gasteiger charge is -2.34. The van der Waals surface area contributed by atoms with E-state index in [1.54, 1.807) is 19.1 Å². The van der Waals surface area contributed by atoms with E-state index in [0.29, 0.717) is 12.0 Å². The van der Waals surface area contributed by atoms with Crippen LogP contribution in [0.3, 0.4) is 0 Å². The van der Waals surface area contributed by atoms with Crippen LogP contribution in [0.5, 0.6) is 0 Å². The van der Waals surface area contributed by atoms with Crippen LogP contribution in [0.25, 0.3) is 0 Å². The minimum atomic E-state index is -0.501. The van der Waals surface area contributed by atoms with Crippen molar-refractivity contribution in [2.24, 2.45) is 0 Å². The predicted octanol–water partition coefficient (Wildman–Crippen LogP) is 2.20. The van der Waals surface area contributed by atoms with Crippen molar-refractivity contribution in [3.05, 3.63) is 35.1 Å². The molecule has 112 valence electrons. The lowest BCUT2D eigenvalue weighted by atomic mass is 10.0. The maximum atomic E-state index is 13.2. The average molecular weight is 280 g/mol. The van der Waals surface area contributed by atoms with Crippen LogP contribution < -0.4 is 0 Å². The van der Waals surface area contributed by atoms with Crippen LogP contribution in [0.15, 0.2) is 18.2 Å². The molecule has 0 radical (unpaired) electrons. The highest BCUT2D eigenvalue weighted by atomic mass is 19.1. The normalized spacial score (nSPS) is 19.2. The molecule has 0 bridgehead atoms. The molecular formula is C16H25FN2O. The number of hydrogen-bond donors (Lipinski definition) is 1. The second kappa shape index (κ2) is 7.16. The van der Waals surface area contributed by atoms with E-state index < -0.39 is 6.10 Å². The van der Waals surface area contributed by atoms with Gasteiger partial charge in [-0.15, -0.1) is 0 Å². The smallest absolute Gasteiger partial charge is 0.126 e. The van der Waals surface area contributed by atoms with Gasteiger partial charge in [0.2, 0.25) is 0 Å². The monoisotopic (exact) mass is 280 g/mol. The van der Waals surface area contributed by atoms with Gasteiger partial charge in [-0.25, -0.2) is 4.39 Å². The SMILES string of the molecule is CCN1CCN(CCC(O)c2ccc(F)c(C)c2)CC1. The van der Waals surface area contributed by atoms with Crippen molar-refractivity contribution in [2.45, 2.75) is 26.4 Å². The average Bonchev–Trinajstić information content (AvgIpc) is 2.48. The van der Waals surface area contributed by atoms with Gasteiger partial charge in [0.25, 0.3) is 0 Å². The van der Waals surface area contributed by atoms with Crippen molar-refractivity contribution in [1.29, 1.82) is 0 Å². The maximum absolute atomic E-state index is 13.2. The molecule has 1 N–H and O–H groups in total. The molecule has 1 atom stereocenters. The first-order valence-corrected chi connectivity index (χ1v) is 7.49. The number of aliphatic hydroxyl groups excluding tert-OH is 1. The van der Waals surface area contributed by atoms with Crippen LogP contribution in [0.4, 0.5) is 4.39 Å². The number of piperazine rings is 1. The molecule has 0 spiro atoms. The van der Waals surface area contributed by atoms with E-state index in [9.17, 15) is 9.50 Å². The molecule has 3 nitrogen and oxygen atoms in total. The molecule has 1 aliphatic rings. The molecule has 0 saturated carbocycles. The minimum Gasteiger partial charge on any atom is -0.388 e. The molecular weight excluding hydrogens is 255 g/mol. The molecule has 1 saturated heterocycles. The number of aliphatic hydroxyl groups is 1. The van der Waals surface area contributed by atoms with Crippen molar-refractivity contribution in [2.75, 3.05) is 39.3 Å². The zero-order chi connectivity index (χ0) is 14.5. The van der Waals surface area contributed by atoms with E-state index in [-0.39, 0.29) is 5.82 Å². The third-order valence-electron chi connectivity index (χ3n) is 4.20. The summed E-state index contributed by atoms with van der Waals surface area (Å²) < 4.78 is 13.2. The fourth-order valence-corrected chi connectivity index (χ4v) is 2.68. The summed E-state index contributed by atoms with van der Waals surface area (Å²) in [6.45, 7) is 10.3. The van der Waals surface area contributed by atoms with Crippen LogP contribution in [0.1, 0.15) is 30.6 Å². The summed E-state index contributed by atoms with van der Waals surface area (Å²) >= 11 is 0. The quantitative estimate of drug-likeness (QED) is 0.895. The zero-order valence-corrected chi connectivity index (χ0v) is 12.5.